The molecule has 152 valence electrons. The van der Waals surface area contributed by atoms with Crippen molar-refractivity contribution in [1.82, 2.24) is 20.0 Å². The van der Waals surface area contributed by atoms with E-state index in [0.29, 0.717) is 44.8 Å². The van der Waals surface area contributed by atoms with Crippen LogP contribution in [0.3, 0.4) is 0 Å². The summed E-state index contributed by atoms with van der Waals surface area (Å²) < 4.78 is 5.56. The number of nitriles is 1. The number of piperazine rings is 1. The Bertz CT molecular complexity index is 826. The third kappa shape index (κ3) is 4.35. The number of carbonyl (C=O) groups is 2. The number of rotatable bonds is 2. The standard InChI is InChI=1S/C21H25N5O3/c22-12-17(16-4-2-1-3-5-16)13-24-8-10-25(11-9-24)21(28)26-7-6-19-18(14-26)23-20(27)15-29-19/h1-5,13,18-19H,6-11,14-15H2,(H,23,27)/b17-13-/t18-,19+/m0/s1. The van der Waals surface area contributed by atoms with E-state index in [1.54, 1.807) is 0 Å². The molecule has 3 heterocycles. The van der Waals surface area contributed by atoms with E-state index in [-0.39, 0.29) is 30.7 Å². The van der Waals surface area contributed by atoms with Crippen LogP contribution in [-0.4, -0.2) is 84.7 Å². The average molecular weight is 395 g/mol. The fraction of sp³-hybridized carbons (Fsp3) is 0.476. The number of nitrogens with zero attached hydrogens (tertiary/aromatic N) is 4. The molecule has 0 saturated carbocycles. The van der Waals surface area contributed by atoms with Crippen molar-refractivity contribution in [3.63, 3.8) is 0 Å². The number of ether oxygens (including phenoxy) is 1. The van der Waals surface area contributed by atoms with Gasteiger partial charge in [0.05, 0.1) is 17.7 Å². The van der Waals surface area contributed by atoms with Crippen LogP contribution < -0.4 is 5.32 Å². The summed E-state index contributed by atoms with van der Waals surface area (Å²) in [7, 11) is 0. The van der Waals surface area contributed by atoms with E-state index >= 15 is 0 Å². The summed E-state index contributed by atoms with van der Waals surface area (Å²) in [6.07, 6.45) is 2.63. The zero-order valence-electron chi connectivity index (χ0n) is 16.3. The zero-order valence-corrected chi connectivity index (χ0v) is 16.3. The molecule has 0 aliphatic carbocycles. The van der Waals surface area contributed by atoms with Crippen molar-refractivity contribution in [2.75, 3.05) is 45.9 Å². The smallest absolute Gasteiger partial charge is 0.320 e. The summed E-state index contributed by atoms with van der Waals surface area (Å²) in [5.74, 6) is -0.118. The van der Waals surface area contributed by atoms with Crippen LogP contribution in [0.25, 0.3) is 5.57 Å². The molecular weight excluding hydrogens is 370 g/mol. The van der Waals surface area contributed by atoms with Crippen LogP contribution in [0.1, 0.15) is 12.0 Å². The molecule has 0 aromatic heterocycles. The van der Waals surface area contributed by atoms with E-state index in [0.717, 1.165) is 12.0 Å². The average Bonchev–Trinajstić information content (AvgIpc) is 2.77. The predicted octanol–water partition coefficient (Wildman–Crippen LogP) is 0.878. The van der Waals surface area contributed by atoms with Crippen molar-refractivity contribution in [1.29, 1.82) is 5.26 Å². The van der Waals surface area contributed by atoms with Crippen LogP contribution in [0.15, 0.2) is 36.5 Å². The minimum atomic E-state index is -0.123. The molecule has 8 heteroatoms. The largest absolute Gasteiger partial charge is 0.373 e. The number of nitrogens with one attached hydrogen (secondary N) is 1. The molecule has 0 unspecified atom stereocenters. The molecule has 3 saturated heterocycles. The Morgan fingerprint density at radius 3 is 2.62 bits per heavy atom. The molecule has 1 N–H and O–H groups in total. The van der Waals surface area contributed by atoms with Gasteiger partial charge >= 0.3 is 6.03 Å². The maximum atomic E-state index is 12.9. The minimum Gasteiger partial charge on any atom is -0.373 e. The quantitative estimate of drug-likeness (QED) is 0.751. The van der Waals surface area contributed by atoms with E-state index < -0.39 is 0 Å². The van der Waals surface area contributed by atoms with E-state index in [9.17, 15) is 14.9 Å². The molecule has 1 aromatic rings. The fourth-order valence-electron chi connectivity index (χ4n) is 4.08. The van der Waals surface area contributed by atoms with Gasteiger partial charge < -0.3 is 24.8 Å². The third-order valence-corrected chi connectivity index (χ3v) is 5.70. The van der Waals surface area contributed by atoms with Gasteiger partial charge in [-0.05, 0) is 12.0 Å². The highest BCUT2D eigenvalue weighted by atomic mass is 16.5. The first-order valence-electron chi connectivity index (χ1n) is 10.0. The van der Waals surface area contributed by atoms with Crippen molar-refractivity contribution in [3.05, 3.63) is 42.1 Å². The number of hydrogen-bond donors (Lipinski definition) is 1. The Hall–Kier alpha value is -3.05. The Kier molecular flexibility index (Phi) is 5.67. The van der Waals surface area contributed by atoms with E-state index in [4.69, 9.17) is 4.74 Å². The summed E-state index contributed by atoms with van der Waals surface area (Å²) in [6, 6.07) is 11.8. The summed E-state index contributed by atoms with van der Waals surface area (Å²) in [4.78, 5) is 30.2. The molecule has 0 spiro atoms. The third-order valence-electron chi connectivity index (χ3n) is 5.70. The lowest BCUT2D eigenvalue weighted by molar-refractivity contribution is -0.139. The van der Waals surface area contributed by atoms with Gasteiger partial charge in [0, 0.05) is 45.5 Å². The highest BCUT2D eigenvalue weighted by molar-refractivity contribution is 5.79. The Labute approximate surface area is 170 Å². The van der Waals surface area contributed by atoms with E-state index in [1.807, 2.05) is 46.3 Å². The second-order valence-corrected chi connectivity index (χ2v) is 7.58. The molecule has 3 aliphatic rings. The second kappa shape index (κ2) is 8.53. The first-order valence-corrected chi connectivity index (χ1v) is 10.0. The van der Waals surface area contributed by atoms with Crippen molar-refractivity contribution in [3.8, 4) is 6.07 Å². The molecule has 8 nitrogen and oxygen atoms in total. The van der Waals surface area contributed by atoms with Crippen molar-refractivity contribution in [2.24, 2.45) is 0 Å². The van der Waals surface area contributed by atoms with Gasteiger partial charge in [0.15, 0.2) is 0 Å². The zero-order chi connectivity index (χ0) is 20.2. The number of fused-ring (bicyclic) bond motifs is 1. The first-order chi connectivity index (χ1) is 14.1. The number of morpholine rings is 1. The summed E-state index contributed by atoms with van der Waals surface area (Å²) in [5, 5.41) is 12.4. The number of carbonyl (C=O) groups excluding carboxylic acids is 2. The lowest BCUT2D eigenvalue weighted by Crippen LogP contribution is -2.63. The predicted molar refractivity (Wildman–Crippen MR) is 106 cm³/mol. The molecule has 29 heavy (non-hydrogen) atoms. The summed E-state index contributed by atoms with van der Waals surface area (Å²) in [6.45, 7) is 3.82. The van der Waals surface area contributed by atoms with Gasteiger partial charge in [-0.1, -0.05) is 30.3 Å². The van der Waals surface area contributed by atoms with Crippen LogP contribution in [0.5, 0.6) is 0 Å². The number of piperidine rings is 1. The SMILES string of the molecule is N#C/C(=C/N1CCN(C(=O)N2CC[C@H]3OCC(=O)N[C@H]3C2)CC1)c1ccccc1. The van der Waals surface area contributed by atoms with Crippen molar-refractivity contribution >= 4 is 17.5 Å². The number of amides is 3. The van der Waals surface area contributed by atoms with Crippen LogP contribution in [0.4, 0.5) is 4.79 Å². The number of urea groups is 1. The molecule has 0 radical (unpaired) electrons. The van der Waals surface area contributed by atoms with Crippen LogP contribution >= 0.6 is 0 Å². The number of likely N-dealkylation sites (tertiary alicyclic amines) is 1. The molecule has 3 amide bonds. The van der Waals surface area contributed by atoms with Gasteiger partial charge in [-0.25, -0.2) is 4.79 Å². The Morgan fingerprint density at radius 1 is 1.14 bits per heavy atom. The molecule has 2 atom stereocenters. The molecule has 3 fully saturated rings. The maximum absolute atomic E-state index is 12.9. The number of hydrogen-bond acceptors (Lipinski definition) is 5. The van der Waals surface area contributed by atoms with E-state index in [2.05, 4.69) is 16.3 Å². The normalized spacial score (nSPS) is 25.1. The highest BCUT2D eigenvalue weighted by Gasteiger charge is 2.37. The summed E-state index contributed by atoms with van der Waals surface area (Å²) >= 11 is 0. The molecule has 0 bridgehead atoms. The van der Waals surface area contributed by atoms with Gasteiger partial charge in [0.25, 0.3) is 0 Å². The topological polar surface area (TPSA) is 88.9 Å². The second-order valence-electron chi connectivity index (χ2n) is 7.58. The van der Waals surface area contributed by atoms with Crippen LogP contribution in [0.2, 0.25) is 0 Å². The van der Waals surface area contributed by atoms with Gasteiger partial charge in [0.1, 0.15) is 12.7 Å². The molecule has 1 aromatic carbocycles. The minimum absolute atomic E-state index is 0.00104. The fourth-order valence-corrected chi connectivity index (χ4v) is 4.08. The Balaban J connectivity index is 1.32. The van der Waals surface area contributed by atoms with Gasteiger partial charge in [-0.2, -0.15) is 5.26 Å². The van der Waals surface area contributed by atoms with Gasteiger partial charge in [-0.3, -0.25) is 4.79 Å². The number of benzene rings is 1. The summed E-state index contributed by atoms with van der Waals surface area (Å²) in [5.41, 5.74) is 1.52. The van der Waals surface area contributed by atoms with Gasteiger partial charge in [-0.15, -0.1) is 0 Å². The first kappa shape index (κ1) is 19.3. The molecule has 3 aliphatic heterocycles. The van der Waals surface area contributed by atoms with Crippen LogP contribution in [-0.2, 0) is 9.53 Å². The monoisotopic (exact) mass is 395 g/mol. The maximum Gasteiger partial charge on any atom is 0.320 e. The lowest BCUT2D eigenvalue weighted by Gasteiger charge is -2.43. The van der Waals surface area contributed by atoms with Gasteiger partial charge in [0.2, 0.25) is 5.91 Å². The number of allylic oxidation sites excluding steroid dienone is 1. The molecule has 4 rings (SSSR count). The lowest BCUT2D eigenvalue weighted by atomic mass is 10.0. The van der Waals surface area contributed by atoms with Crippen molar-refractivity contribution in [2.45, 2.75) is 18.6 Å². The Morgan fingerprint density at radius 2 is 1.90 bits per heavy atom. The van der Waals surface area contributed by atoms with E-state index in [1.165, 1.54) is 0 Å². The van der Waals surface area contributed by atoms with Crippen molar-refractivity contribution < 1.29 is 14.3 Å². The molecular formula is C21H25N5O3. The highest BCUT2D eigenvalue weighted by Crippen LogP contribution is 2.20. The van der Waals surface area contributed by atoms with Crippen LogP contribution in [0, 0.1) is 11.3 Å².